The summed E-state index contributed by atoms with van der Waals surface area (Å²) in [5.74, 6) is -1.28. The Morgan fingerprint density at radius 3 is 2.74 bits per heavy atom. The smallest absolute Gasteiger partial charge is 0.310 e. The average molecular weight is 285 g/mol. The number of nitrogens with zero attached hydrogens (tertiary/aromatic N) is 2. The SMILES string of the molecule is CC(C(=O)O)C1CN(c2cccc(Cl)c2[N+](=O)[O-])C1. The van der Waals surface area contributed by atoms with Crippen LogP contribution in [0, 0.1) is 22.0 Å². The van der Waals surface area contributed by atoms with Gasteiger partial charge in [-0.05, 0) is 12.1 Å². The second-order valence-corrected chi connectivity index (χ2v) is 5.06. The molecule has 0 bridgehead atoms. The van der Waals surface area contributed by atoms with Crippen molar-refractivity contribution in [2.75, 3.05) is 18.0 Å². The first-order valence-electron chi connectivity index (χ1n) is 5.82. The molecule has 1 unspecified atom stereocenters. The van der Waals surface area contributed by atoms with Crippen LogP contribution in [0.1, 0.15) is 6.92 Å². The summed E-state index contributed by atoms with van der Waals surface area (Å²) in [6.45, 7) is 2.64. The molecule has 1 atom stereocenters. The molecule has 0 aromatic heterocycles. The van der Waals surface area contributed by atoms with Crippen LogP contribution in [-0.4, -0.2) is 29.1 Å². The van der Waals surface area contributed by atoms with Crippen molar-refractivity contribution < 1.29 is 14.8 Å². The Labute approximate surface area is 114 Å². The first-order chi connectivity index (χ1) is 8.91. The van der Waals surface area contributed by atoms with E-state index in [4.69, 9.17) is 16.7 Å². The molecule has 1 aliphatic rings. The van der Waals surface area contributed by atoms with Gasteiger partial charge in [-0.3, -0.25) is 14.9 Å². The molecule has 0 spiro atoms. The number of carboxylic acid groups (broad SMARTS) is 1. The Bertz CT molecular complexity index is 528. The molecule has 1 aromatic rings. The molecule has 2 rings (SSSR count). The zero-order chi connectivity index (χ0) is 14.2. The molecule has 1 saturated heterocycles. The molecule has 1 aliphatic heterocycles. The molecular formula is C12H13ClN2O4. The van der Waals surface area contributed by atoms with Crippen LogP contribution in [0.5, 0.6) is 0 Å². The molecule has 6 nitrogen and oxygen atoms in total. The minimum atomic E-state index is -0.842. The predicted molar refractivity (Wildman–Crippen MR) is 70.6 cm³/mol. The highest BCUT2D eigenvalue weighted by atomic mass is 35.5. The molecule has 0 radical (unpaired) electrons. The lowest BCUT2D eigenvalue weighted by Gasteiger charge is -2.42. The van der Waals surface area contributed by atoms with Gasteiger partial charge < -0.3 is 10.0 Å². The third-order valence-corrected chi connectivity index (χ3v) is 3.80. The first-order valence-corrected chi connectivity index (χ1v) is 6.20. The van der Waals surface area contributed by atoms with Crippen molar-refractivity contribution in [2.24, 2.45) is 11.8 Å². The molecule has 1 fully saturated rings. The van der Waals surface area contributed by atoms with Crippen molar-refractivity contribution in [3.05, 3.63) is 33.3 Å². The van der Waals surface area contributed by atoms with Gasteiger partial charge in [0, 0.05) is 19.0 Å². The number of nitro groups is 1. The topological polar surface area (TPSA) is 83.7 Å². The van der Waals surface area contributed by atoms with E-state index in [1.54, 1.807) is 24.0 Å². The van der Waals surface area contributed by atoms with Crippen LogP contribution in [0.3, 0.4) is 0 Å². The Hall–Kier alpha value is -1.82. The van der Waals surface area contributed by atoms with Crippen molar-refractivity contribution >= 4 is 28.9 Å². The van der Waals surface area contributed by atoms with E-state index < -0.39 is 16.8 Å². The van der Waals surface area contributed by atoms with E-state index in [9.17, 15) is 14.9 Å². The summed E-state index contributed by atoms with van der Waals surface area (Å²) in [4.78, 5) is 23.1. The lowest BCUT2D eigenvalue weighted by atomic mass is 9.86. The first kappa shape index (κ1) is 13.6. The van der Waals surface area contributed by atoms with Crippen molar-refractivity contribution in [3.63, 3.8) is 0 Å². The summed E-state index contributed by atoms with van der Waals surface area (Å²) in [7, 11) is 0. The number of carbonyl (C=O) groups is 1. The normalized spacial score (nSPS) is 16.8. The minimum Gasteiger partial charge on any atom is -0.481 e. The maximum atomic E-state index is 11.0. The molecule has 1 N–H and O–H groups in total. The van der Waals surface area contributed by atoms with Gasteiger partial charge in [-0.15, -0.1) is 0 Å². The van der Waals surface area contributed by atoms with Gasteiger partial charge in [0.15, 0.2) is 0 Å². The van der Waals surface area contributed by atoms with Gasteiger partial charge in [-0.25, -0.2) is 0 Å². The number of nitro benzene ring substituents is 1. The maximum absolute atomic E-state index is 11.0. The standard InChI is InChI=1S/C12H13ClN2O4/c1-7(12(16)17)8-5-14(6-8)10-4-2-3-9(13)11(10)15(18)19/h2-4,7-8H,5-6H2,1H3,(H,16,17). The zero-order valence-corrected chi connectivity index (χ0v) is 11.0. The monoisotopic (exact) mass is 284 g/mol. The van der Waals surface area contributed by atoms with Gasteiger partial charge in [0.1, 0.15) is 10.7 Å². The molecule has 7 heteroatoms. The summed E-state index contributed by atoms with van der Waals surface area (Å²) in [6.07, 6.45) is 0. The molecule has 1 heterocycles. The lowest BCUT2D eigenvalue weighted by Crippen LogP contribution is -2.51. The van der Waals surface area contributed by atoms with Crippen LogP contribution < -0.4 is 4.90 Å². The molecule has 0 amide bonds. The van der Waals surface area contributed by atoms with Crippen molar-refractivity contribution in [1.82, 2.24) is 0 Å². The molecule has 102 valence electrons. The van der Waals surface area contributed by atoms with Gasteiger partial charge in [0.2, 0.25) is 0 Å². The lowest BCUT2D eigenvalue weighted by molar-refractivity contribution is -0.384. The number of anilines is 1. The van der Waals surface area contributed by atoms with Crippen LogP contribution in [0.15, 0.2) is 18.2 Å². The molecule has 1 aromatic carbocycles. The summed E-state index contributed by atoms with van der Waals surface area (Å²) >= 11 is 5.84. The molecule has 0 aliphatic carbocycles. The van der Waals surface area contributed by atoms with Crippen molar-refractivity contribution in [2.45, 2.75) is 6.92 Å². The van der Waals surface area contributed by atoms with E-state index in [1.807, 2.05) is 0 Å². The maximum Gasteiger partial charge on any atom is 0.310 e. The largest absolute Gasteiger partial charge is 0.481 e. The number of para-hydroxylation sites is 1. The second kappa shape index (κ2) is 5.05. The molecule has 19 heavy (non-hydrogen) atoms. The number of hydrogen-bond donors (Lipinski definition) is 1. The second-order valence-electron chi connectivity index (χ2n) is 4.66. The van der Waals surface area contributed by atoms with Gasteiger partial charge in [-0.2, -0.15) is 0 Å². The highest BCUT2D eigenvalue weighted by Gasteiger charge is 2.37. The number of rotatable bonds is 4. The summed E-state index contributed by atoms with van der Waals surface area (Å²) in [5, 5.41) is 20.0. The van der Waals surface area contributed by atoms with E-state index in [2.05, 4.69) is 0 Å². The summed E-state index contributed by atoms with van der Waals surface area (Å²) in [5.41, 5.74) is 0.330. The van der Waals surface area contributed by atoms with Gasteiger partial charge in [0.25, 0.3) is 0 Å². The Morgan fingerprint density at radius 1 is 1.58 bits per heavy atom. The number of halogens is 1. The Kier molecular flexibility index (Phi) is 3.61. The average Bonchev–Trinajstić information content (AvgIpc) is 2.26. The van der Waals surface area contributed by atoms with Crippen LogP contribution in [0.25, 0.3) is 0 Å². The van der Waals surface area contributed by atoms with Crippen LogP contribution >= 0.6 is 11.6 Å². The Balaban J connectivity index is 2.16. The van der Waals surface area contributed by atoms with Crippen LogP contribution in [-0.2, 0) is 4.79 Å². The quantitative estimate of drug-likeness (QED) is 0.678. The Morgan fingerprint density at radius 2 is 2.21 bits per heavy atom. The fraction of sp³-hybridized carbons (Fsp3) is 0.417. The third-order valence-electron chi connectivity index (χ3n) is 3.50. The zero-order valence-electron chi connectivity index (χ0n) is 10.2. The van der Waals surface area contributed by atoms with Crippen molar-refractivity contribution in [3.8, 4) is 0 Å². The fourth-order valence-corrected chi connectivity index (χ4v) is 2.41. The van der Waals surface area contributed by atoms with Crippen molar-refractivity contribution in [1.29, 1.82) is 0 Å². The van der Waals surface area contributed by atoms with E-state index in [1.165, 1.54) is 6.07 Å². The number of benzene rings is 1. The number of hydrogen-bond acceptors (Lipinski definition) is 4. The predicted octanol–water partition coefficient (Wildman–Crippen LogP) is 2.41. The van der Waals surface area contributed by atoms with Crippen LogP contribution in [0.4, 0.5) is 11.4 Å². The molecule has 0 saturated carbocycles. The van der Waals surface area contributed by atoms with Gasteiger partial charge in [-0.1, -0.05) is 24.6 Å². The summed E-state index contributed by atoms with van der Waals surface area (Å²) < 4.78 is 0. The summed E-state index contributed by atoms with van der Waals surface area (Å²) in [6, 6.07) is 4.75. The minimum absolute atomic E-state index is 0.0103. The fourth-order valence-electron chi connectivity index (χ4n) is 2.17. The van der Waals surface area contributed by atoms with E-state index in [0.29, 0.717) is 18.8 Å². The van der Waals surface area contributed by atoms with Gasteiger partial charge in [0.05, 0.1) is 10.8 Å². The van der Waals surface area contributed by atoms with E-state index >= 15 is 0 Å². The third kappa shape index (κ3) is 2.49. The highest BCUT2D eigenvalue weighted by Crippen LogP contribution is 2.39. The van der Waals surface area contributed by atoms with E-state index in [-0.39, 0.29) is 16.6 Å². The highest BCUT2D eigenvalue weighted by molar-refractivity contribution is 6.33. The number of carboxylic acids is 1. The van der Waals surface area contributed by atoms with Gasteiger partial charge >= 0.3 is 11.7 Å². The van der Waals surface area contributed by atoms with Crippen LogP contribution in [0.2, 0.25) is 5.02 Å². The number of aliphatic carboxylic acids is 1. The molecular weight excluding hydrogens is 272 g/mol. The van der Waals surface area contributed by atoms with E-state index in [0.717, 1.165) is 0 Å².